The topological polar surface area (TPSA) is 51.2 Å². The molecule has 6 heteroatoms. The molecule has 1 amide bonds. The predicted octanol–water partition coefficient (Wildman–Crippen LogP) is 4.51. The Kier molecular flexibility index (Phi) is 8.31. The lowest BCUT2D eigenvalue weighted by Gasteiger charge is -2.36. The van der Waals surface area contributed by atoms with E-state index in [1.54, 1.807) is 12.0 Å². The van der Waals surface area contributed by atoms with Gasteiger partial charge in [-0.2, -0.15) is 0 Å². The molecule has 0 N–H and O–H groups in total. The Balaban J connectivity index is 1.36. The van der Waals surface area contributed by atoms with Gasteiger partial charge < -0.3 is 24.0 Å². The van der Waals surface area contributed by atoms with Crippen molar-refractivity contribution in [1.29, 1.82) is 0 Å². The lowest BCUT2D eigenvalue weighted by atomic mass is 10.0. The van der Waals surface area contributed by atoms with Gasteiger partial charge in [0.15, 0.2) is 0 Å². The largest absolute Gasteiger partial charge is 0.497 e. The minimum absolute atomic E-state index is 0.0156. The van der Waals surface area contributed by atoms with Gasteiger partial charge >= 0.3 is 0 Å². The van der Waals surface area contributed by atoms with Gasteiger partial charge in [0.1, 0.15) is 17.6 Å². The number of carbonyl (C=O) groups excluding carboxylic acids is 1. The molecule has 1 saturated carbocycles. The summed E-state index contributed by atoms with van der Waals surface area (Å²) in [5.74, 6) is 1.34. The second-order valence-electron chi connectivity index (χ2n) is 9.66. The summed E-state index contributed by atoms with van der Waals surface area (Å²) in [7, 11) is 3.50. The highest BCUT2D eigenvalue weighted by Gasteiger charge is 2.29. The number of likely N-dealkylation sites (tertiary alicyclic amines) is 1. The molecule has 3 aliphatic rings. The molecule has 2 saturated heterocycles. The van der Waals surface area contributed by atoms with Crippen molar-refractivity contribution in [3.63, 3.8) is 0 Å². The molecular weight excluding hydrogens is 404 g/mol. The molecule has 1 atom stereocenters. The maximum Gasteiger partial charge on any atom is 0.257 e. The van der Waals surface area contributed by atoms with Crippen LogP contribution in [0.25, 0.3) is 0 Å². The fourth-order valence-corrected chi connectivity index (χ4v) is 5.39. The summed E-state index contributed by atoms with van der Waals surface area (Å²) in [5, 5.41) is 0. The number of hydrogen-bond acceptors (Lipinski definition) is 5. The first-order valence-corrected chi connectivity index (χ1v) is 12.6. The number of carbonyl (C=O) groups is 1. The van der Waals surface area contributed by atoms with E-state index < -0.39 is 0 Å². The molecule has 2 heterocycles. The molecular formula is C26H40N2O4. The second-order valence-corrected chi connectivity index (χ2v) is 9.66. The van der Waals surface area contributed by atoms with Gasteiger partial charge in [-0.05, 0) is 69.6 Å². The molecule has 0 spiro atoms. The van der Waals surface area contributed by atoms with Gasteiger partial charge in [0.05, 0.1) is 18.8 Å². The molecule has 6 nitrogen and oxygen atoms in total. The first kappa shape index (κ1) is 23.4. The van der Waals surface area contributed by atoms with Crippen molar-refractivity contribution in [2.75, 3.05) is 40.4 Å². The van der Waals surface area contributed by atoms with Crippen LogP contribution in [0.1, 0.15) is 74.6 Å². The third-order valence-corrected chi connectivity index (χ3v) is 7.44. The van der Waals surface area contributed by atoms with E-state index in [9.17, 15) is 4.79 Å². The average Bonchev–Trinajstić information content (AvgIpc) is 3.38. The molecule has 0 aromatic heterocycles. The Morgan fingerprint density at radius 3 is 2.53 bits per heavy atom. The number of benzene rings is 1. The molecule has 32 heavy (non-hydrogen) atoms. The molecule has 0 radical (unpaired) electrons. The van der Waals surface area contributed by atoms with Crippen molar-refractivity contribution in [1.82, 2.24) is 9.80 Å². The zero-order valence-corrected chi connectivity index (χ0v) is 19.9. The van der Waals surface area contributed by atoms with E-state index in [-0.39, 0.29) is 18.1 Å². The van der Waals surface area contributed by atoms with Crippen molar-refractivity contribution in [2.45, 2.75) is 82.5 Å². The predicted molar refractivity (Wildman–Crippen MR) is 126 cm³/mol. The highest BCUT2D eigenvalue weighted by molar-refractivity contribution is 5.97. The maximum atomic E-state index is 13.3. The summed E-state index contributed by atoms with van der Waals surface area (Å²) in [4.78, 5) is 17.8. The number of methoxy groups -OCH3 is 1. The van der Waals surface area contributed by atoms with Gasteiger partial charge in [-0.25, -0.2) is 0 Å². The molecule has 178 valence electrons. The summed E-state index contributed by atoms with van der Waals surface area (Å²) in [6.07, 6.45) is 12.2. The van der Waals surface area contributed by atoms with Crippen LogP contribution >= 0.6 is 0 Å². The standard InChI is InChI=1S/C26H40N2O4/c1-27(15-12-21-9-5-6-18-31-21)26(29)24-19-23(30-2)10-11-25(24)32-22-13-16-28(17-14-22)20-7-3-4-8-20/h10-11,19-22H,3-9,12-18H2,1-2H3. The number of ether oxygens (including phenoxy) is 3. The van der Waals surface area contributed by atoms with Gasteiger partial charge in [-0.3, -0.25) is 4.79 Å². The molecule has 1 aromatic rings. The number of hydrogen-bond donors (Lipinski definition) is 0. The zero-order chi connectivity index (χ0) is 22.3. The SMILES string of the molecule is COc1ccc(OC2CCN(C3CCCC3)CC2)c(C(=O)N(C)CCC2CCCCO2)c1. The molecule has 4 rings (SSSR count). The summed E-state index contributed by atoms with van der Waals surface area (Å²) in [5.41, 5.74) is 0.592. The van der Waals surface area contributed by atoms with Crippen molar-refractivity contribution in [2.24, 2.45) is 0 Å². The summed E-state index contributed by atoms with van der Waals surface area (Å²) < 4.78 is 17.6. The Bertz CT molecular complexity index is 735. The minimum Gasteiger partial charge on any atom is -0.497 e. The Labute approximate surface area is 193 Å². The van der Waals surface area contributed by atoms with E-state index in [0.29, 0.717) is 23.6 Å². The van der Waals surface area contributed by atoms with Crippen LogP contribution in [0.4, 0.5) is 0 Å². The van der Waals surface area contributed by atoms with Gasteiger partial charge in [0.25, 0.3) is 5.91 Å². The number of piperidine rings is 1. The van der Waals surface area contributed by atoms with E-state index in [0.717, 1.165) is 57.8 Å². The van der Waals surface area contributed by atoms with Crippen LogP contribution < -0.4 is 9.47 Å². The van der Waals surface area contributed by atoms with Crippen LogP contribution in [0.3, 0.4) is 0 Å². The van der Waals surface area contributed by atoms with Crippen LogP contribution in [0.5, 0.6) is 11.5 Å². The first-order chi connectivity index (χ1) is 15.6. The van der Waals surface area contributed by atoms with Crippen molar-refractivity contribution >= 4 is 5.91 Å². The number of rotatable bonds is 8. The van der Waals surface area contributed by atoms with Crippen LogP contribution in [0.15, 0.2) is 18.2 Å². The van der Waals surface area contributed by atoms with Crippen LogP contribution in [0.2, 0.25) is 0 Å². The fraction of sp³-hybridized carbons (Fsp3) is 0.731. The monoisotopic (exact) mass is 444 g/mol. The minimum atomic E-state index is -0.0156. The molecule has 1 aliphatic carbocycles. The van der Waals surface area contributed by atoms with Gasteiger partial charge in [0, 0.05) is 39.3 Å². The van der Waals surface area contributed by atoms with E-state index in [1.807, 2.05) is 25.2 Å². The lowest BCUT2D eigenvalue weighted by Crippen LogP contribution is -2.43. The van der Waals surface area contributed by atoms with Crippen molar-refractivity contribution in [3.8, 4) is 11.5 Å². The quantitative estimate of drug-likeness (QED) is 0.590. The smallest absolute Gasteiger partial charge is 0.257 e. The Hall–Kier alpha value is -1.79. The van der Waals surface area contributed by atoms with Crippen LogP contribution in [-0.4, -0.2) is 74.4 Å². The maximum absolute atomic E-state index is 13.3. The number of amides is 1. The van der Waals surface area contributed by atoms with Crippen molar-refractivity contribution < 1.29 is 19.0 Å². The zero-order valence-electron chi connectivity index (χ0n) is 19.9. The van der Waals surface area contributed by atoms with E-state index in [1.165, 1.54) is 32.1 Å². The van der Waals surface area contributed by atoms with E-state index in [4.69, 9.17) is 14.2 Å². The molecule has 2 aliphatic heterocycles. The highest BCUT2D eigenvalue weighted by atomic mass is 16.5. The second kappa shape index (κ2) is 11.4. The van der Waals surface area contributed by atoms with E-state index in [2.05, 4.69) is 4.90 Å². The van der Waals surface area contributed by atoms with Crippen LogP contribution in [0, 0.1) is 0 Å². The first-order valence-electron chi connectivity index (χ1n) is 12.6. The fourth-order valence-electron chi connectivity index (χ4n) is 5.39. The molecule has 3 fully saturated rings. The van der Waals surface area contributed by atoms with Gasteiger partial charge in [-0.15, -0.1) is 0 Å². The highest BCUT2D eigenvalue weighted by Crippen LogP contribution is 2.30. The average molecular weight is 445 g/mol. The normalized spacial score (nSPS) is 23.2. The summed E-state index contributed by atoms with van der Waals surface area (Å²) in [6.45, 7) is 3.71. The van der Waals surface area contributed by atoms with Crippen molar-refractivity contribution in [3.05, 3.63) is 23.8 Å². The molecule has 1 unspecified atom stereocenters. The Morgan fingerprint density at radius 1 is 1.09 bits per heavy atom. The lowest BCUT2D eigenvalue weighted by molar-refractivity contribution is 0.00705. The Morgan fingerprint density at radius 2 is 1.84 bits per heavy atom. The molecule has 1 aromatic carbocycles. The third kappa shape index (κ3) is 5.96. The van der Waals surface area contributed by atoms with E-state index >= 15 is 0 Å². The summed E-state index contributed by atoms with van der Waals surface area (Å²) in [6, 6.07) is 6.37. The molecule has 0 bridgehead atoms. The van der Waals surface area contributed by atoms with Crippen LogP contribution in [-0.2, 0) is 4.74 Å². The van der Waals surface area contributed by atoms with Gasteiger partial charge in [-0.1, -0.05) is 12.8 Å². The number of nitrogens with zero attached hydrogens (tertiary/aromatic N) is 2. The van der Waals surface area contributed by atoms with Gasteiger partial charge in [0.2, 0.25) is 0 Å². The summed E-state index contributed by atoms with van der Waals surface area (Å²) >= 11 is 0. The third-order valence-electron chi connectivity index (χ3n) is 7.44.